The molecule has 0 radical (unpaired) electrons. The maximum absolute atomic E-state index is 9.51. The van der Waals surface area contributed by atoms with Crippen LogP contribution in [0.4, 0.5) is 11.5 Å². The van der Waals surface area contributed by atoms with E-state index in [9.17, 15) is 5.11 Å². The van der Waals surface area contributed by atoms with Crippen molar-refractivity contribution < 1.29 is 5.11 Å². The molecular formula is C14H20N4O. The summed E-state index contributed by atoms with van der Waals surface area (Å²) in [6, 6.07) is 9.14. The first-order chi connectivity index (χ1) is 9.19. The van der Waals surface area contributed by atoms with Crippen molar-refractivity contribution in [1.82, 2.24) is 9.78 Å². The standard InChI is InChI=1S/C14H20N4O/c1-2-17(12-5-3-6-13(19)11-12)8-4-9-18-10-7-14(15)16-18/h3,5-7,10-11,19H,2,4,8-9H2,1H3,(H2,15,16). The number of phenols is 1. The molecule has 0 atom stereocenters. The van der Waals surface area contributed by atoms with Gasteiger partial charge in [-0.15, -0.1) is 0 Å². The predicted molar refractivity (Wildman–Crippen MR) is 77.3 cm³/mol. The Balaban J connectivity index is 1.89. The quantitative estimate of drug-likeness (QED) is 0.834. The highest BCUT2D eigenvalue weighted by Gasteiger charge is 2.05. The molecule has 1 heterocycles. The van der Waals surface area contributed by atoms with Gasteiger partial charge in [0.15, 0.2) is 0 Å². The molecule has 2 aromatic rings. The molecule has 5 heteroatoms. The highest BCUT2D eigenvalue weighted by molar-refractivity contribution is 5.50. The Hall–Kier alpha value is -2.17. The van der Waals surface area contributed by atoms with E-state index in [2.05, 4.69) is 16.9 Å². The van der Waals surface area contributed by atoms with Gasteiger partial charge >= 0.3 is 0 Å². The van der Waals surface area contributed by atoms with Crippen molar-refractivity contribution in [2.75, 3.05) is 23.7 Å². The van der Waals surface area contributed by atoms with E-state index in [0.29, 0.717) is 11.6 Å². The predicted octanol–water partition coefficient (Wildman–Crippen LogP) is 2.09. The maximum atomic E-state index is 9.51. The van der Waals surface area contributed by atoms with Gasteiger partial charge in [0.25, 0.3) is 0 Å². The van der Waals surface area contributed by atoms with Gasteiger partial charge < -0.3 is 15.7 Å². The number of rotatable bonds is 6. The van der Waals surface area contributed by atoms with Crippen LogP contribution in [0.1, 0.15) is 13.3 Å². The number of nitrogens with zero attached hydrogens (tertiary/aromatic N) is 3. The van der Waals surface area contributed by atoms with Gasteiger partial charge in [-0.25, -0.2) is 0 Å². The number of hydrogen-bond donors (Lipinski definition) is 2. The average Bonchev–Trinajstić information content (AvgIpc) is 2.80. The zero-order valence-corrected chi connectivity index (χ0v) is 11.2. The van der Waals surface area contributed by atoms with Crippen LogP contribution in [0.5, 0.6) is 5.75 Å². The Labute approximate surface area is 113 Å². The van der Waals surface area contributed by atoms with Crippen molar-refractivity contribution in [2.24, 2.45) is 0 Å². The number of nitrogen functional groups attached to an aromatic ring is 1. The van der Waals surface area contributed by atoms with Crippen molar-refractivity contribution in [1.29, 1.82) is 0 Å². The molecule has 19 heavy (non-hydrogen) atoms. The third-order valence-corrected chi connectivity index (χ3v) is 3.05. The van der Waals surface area contributed by atoms with Crippen LogP contribution in [0.25, 0.3) is 0 Å². The second-order valence-corrected chi connectivity index (χ2v) is 4.46. The maximum Gasteiger partial charge on any atom is 0.145 e. The fraction of sp³-hybridized carbons (Fsp3) is 0.357. The molecule has 0 spiro atoms. The van der Waals surface area contributed by atoms with Crippen molar-refractivity contribution >= 4 is 11.5 Å². The molecule has 0 fully saturated rings. The second kappa shape index (κ2) is 6.13. The summed E-state index contributed by atoms with van der Waals surface area (Å²) in [5.41, 5.74) is 6.62. The molecule has 0 saturated heterocycles. The summed E-state index contributed by atoms with van der Waals surface area (Å²) in [6.07, 6.45) is 2.87. The van der Waals surface area contributed by atoms with Crippen LogP contribution in [0.15, 0.2) is 36.5 Å². The topological polar surface area (TPSA) is 67.3 Å². The van der Waals surface area contributed by atoms with E-state index in [1.807, 2.05) is 23.0 Å². The first-order valence-electron chi connectivity index (χ1n) is 6.52. The number of nitrogens with two attached hydrogens (primary N) is 1. The van der Waals surface area contributed by atoms with E-state index < -0.39 is 0 Å². The molecule has 2 rings (SSSR count). The van der Waals surface area contributed by atoms with Crippen molar-refractivity contribution in [2.45, 2.75) is 19.9 Å². The molecule has 0 aliphatic rings. The van der Waals surface area contributed by atoms with Gasteiger partial charge in [-0.05, 0) is 31.5 Å². The van der Waals surface area contributed by atoms with Crippen LogP contribution in [0.3, 0.4) is 0 Å². The van der Waals surface area contributed by atoms with E-state index in [0.717, 1.165) is 31.7 Å². The second-order valence-electron chi connectivity index (χ2n) is 4.46. The molecule has 3 N–H and O–H groups in total. The van der Waals surface area contributed by atoms with Crippen molar-refractivity contribution in [3.8, 4) is 5.75 Å². The van der Waals surface area contributed by atoms with E-state index in [-0.39, 0.29) is 0 Å². The summed E-state index contributed by atoms with van der Waals surface area (Å²) in [5.74, 6) is 0.858. The first kappa shape index (κ1) is 13.3. The molecule has 5 nitrogen and oxygen atoms in total. The van der Waals surface area contributed by atoms with E-state index in [1.54, 1.807) is 18.2 Å². The van der Waals surface area contributed by atoms with E-state index in [4.69, 9.17) is 5.73 Å². The number of anilines is 2. The molecule has 0 amide bonds. The summed E-state index contributed by atoms with van der Waals surface area (Å²) >= 11 is 0. The largest absolute Gasteiger partial charge is 0.508 e. The van der Waals surface area contributed by atoms with Gasteiger partial charge in [-0.3, -0.25) is 4.68 Å². The van der Waals surface area contributed by atoms with Gasteiger partial charge in [-0.1, -0.05) is 6.07 Å². The molecular weight excluding hydrogens is 240 g/mol. The molecule has 0 bridgehead atoms. The van der Waals surface area contributed by atoms with Gasteiger partial charge in [0.2, 0.25) is 0 Å². The van der Waals surface area contributed by atoms with Crippen molar-refractivity contribution in [3.63, 3.8) is 0 Å². The lowest BCUT2D eigenvalue weighted by molar-refractivity contribution is 0.475. The van der Waals surface area contributed by atoms with Crippen LogP contribution < -0.4 is 10.6 Å². The molecule has 102 valence electrons. The van der Waals surface area contributed by atoms with Gasteiger partial charge in [-0.2, -0.15) is 5.10 Å². The fourth-order valence-electron chi connectivity index (χ4n) is 2.09. The third kappa shape index (κ3) is 3.64. The van der Waals surface area contributed by atoms with Gasteiger partial charge in [0.1, 0.15) is 11.6 Å². The van der Waals surface area contributed by atoms with Crippen LogP contribution in [-0.2, 0) is 6.54 Å². The molecule has 0 aliphatic carbocycles. The fourth-order valence-corrected chi connectivity index (χ4v) is 2.09. The van der Waals surface area contributed by atoms with Crippen LogP contribution in [0.2, 0.25) is 0 Å². The number of hydrogen-bond acceptors (Lipinski definition) is 4. The van der Waals surface area contributed by atoms with Crippen molar-refractivity contribution in [3.05, 3.63) is 36.5 Å². The Morgan fingerprint density at radius 2 is 2.21 bits per heavy atom. The summed E-state index contributed by atoms with van der Waals surface area (Å²) < 4.78 is 1.85. The molecule has 0 unspecified atom stereocenters. The van der Waals surface area contributed by atoms with Crippen LogP contribution in [-0.4, -0.2) is 28.0 Å². The Bertz CT molecular complexity index is 524. The third-order valence-electron chi connectivity index (χ3n) is 3.05. The highest BCUT2D eigenvalue weighted by atomic mass is 16.3. The average molecular weight is 260 g/mol. The molecule has 1 aromatic heterocycles. The minimum absolute atomic E-state index is 0.302. The van der Waals surface area contributed by atoms with Crippen LogP contribution >= 0.6 is 0 Å². The summed E-state index contributed by atoms with van der Waals surface area (Å²) in [7, 11) is 0. The van der Waals surface area contributed by atoms with Crippen LogP contribution in [0, 0.1) is 0 Å². The smallest absolute Gasteiger partial charge is 0.145 e. The number of phenolic OH excluding ortho intramolecular Hbond substituents is 1. The zero-order chi connectivity index (χ0) is 13.7. The Kier molecular flexibility index (Phi) is 4.28. The minimum Gasteiger partial charge on any atom is -0.508 e. The first-order valence-corrected chi connectivity index (χ1v) is 6.52. The number of aromatic nitrogens is 2. The molecule has 0 aliphatic heterocycles. The lowest BCUT2D eigenvalue weighted by atomic mass is 10.2. The lowest BCUT2D eigenvalue weighted by Gasteiger charge is -2.23. The number of aromatic hydroxyl groups is 1. The Morgan fingerprint density at radius 1 is 1.37 bits per heavy atom. The number of aryl methyl sites for hydroxylation is 1. The minimum atomic E-state index is 0.302. The Morgan fingerprint density at radius 3 is 2.84 bits per heavy atom. The molecule has 1 aromatic carbocycles. The van der Waals surface area contributed by atoms with Gasteiger partial charge in [0, 0.05) is 37.6 Å². The SMILES string of the molecule is CCN(CCCn1ccc(N)n1)c1cccc(O)c1. The summed E-state index contributed by atoms with van der Waals surface area (Å²) in [4.78, 5) is 2.23. The summed E-state index contributed by atoms with van der Waals surface area (Å²) in [5, 5.41) is 13.7. The molecule has 0 saturated carbocycles. The lowest BCUT2D eigenvalue weighted by Crippen LogP contribution is -2.24. The summed E-state index contributed by atoms with van der Waals surface area (Å²) in [6.45, 7) is 4.77. The number of benzene rings is 1. The van der Waals surface area contributed by atoms with E-state index in [1.165, 1.54) is 0 Å². The highest BCUT2D eigenvalue weighted by Crippen LogP contribution is 2.20. The normalized spacial score (nSPS) is 10.6. The zero-order valence-electron chi connectivity index (χ0n) is 11.2. The monoisotopic (exact) mass is 260 g/mol. The van der Waals surface area contributed by atoms with Gasteiger partial charge in [0.05, 0.1) is 0 Å². The van der Waals surface area contributed by atoms with E-state index >= 15 is 0 Å².